The third-order valence-corrected chi connectivity index (χ3v) is 3.26. The molecular weight excluding hydrogens is 318 g/mol. The largest absolute Gasteiger partial charge is 0.490 e. The van der Waals surface area contributed by atoms with Gasteiger partial charge in [0.15, 0.2) is 0 Å². The van der Waals surface area contributed by atoms with Crippen LogP contribution in [0.5, 0.6) is 5.75 Å². The van der Waals surface area contributed by atoms with E-state index in [1.54, 1.807) is 0 Å². The number of nitrogens with one attached hydrogen (secondary N) is 1. The Morgan fingerprint density at radius 3 is 2.50 bits per heavy atom. The third kappa shape index (κ3) is 6.73. The highest BCUT2D eigenvalue weighted by molar-refractivity contribution is 9.10. The number of rotatable bonds is 7. The van der Waals surface area contributed by atoms with E-state index in [0.717, 1.165) is 22.3 Å². The van der Waals surface area contributed by atoms with Gasteiger partial charge in [0, 0.05) is 17.6 Å². The molecule has 1 aromatic rings. The zero-order valence-corrected chi connectivity index (χ0v) is 14.7. The second-order valence-corrected chi connectivity index (χ2v) is 6.95. The highest BCUT2D eigenvalue weighted by Crippen LogP contribution is 2.29. The van der Waals surface area contributed by atoms with Gasteiger partial charge >= 0.3 is 0 Å². The van der Waals surface area contributed by atoms with Crippen LogP contribution in [-0.2, 0) is 11.3 Å². The Morgan fingerprint density at radius 1 is 1.20 bits per heavy atom. The second kappa shape index (κ2) is 8.01. The van der Waals surface area contributed by atoms with Crippen molar-refractivity contribution in [2.24, 2.45) is 0 Å². The van der Waals surface area contributed by atoms with Crippen LogP contribution in [-0.4, -0.2) is 24.9 Å². The van der Waals surface area contributed by atoms with E-state index in [9.17, 15) is 0 Å². The monoisotopic (exact) mass is 343 g/mol. The van der Waals surface area contributed by atoms with Gasteiger partial charge in [-0.2, -0.15) is 0 Å². The second-order valence-electron chi connectivity index (χ2n) is 6.10. The Bertz CT molecular complexity index is 413. The highest BCUT2D eigenvalue weighted by atomic mass is 79.9. The first kappa shape index (κ1) is 17.5. The summed E-state index contributed by atoms with van der Waals surface area (Å²) in [6, 6.07) is 6.11. The third-order valence-electron chi connectivity index (χ3n) is 2.64. The summed E-state index contributed by atoms with van der Waals surface area (Å²) in [5, 5.41) is 3.48. The molecule has 20 heavy (non-hydrogen) atoms. The Balaban J connectivity index is 2.63. The molecule has 0 aliphatic rings. The minimum Gasteiger partial charge on any atom is -0.490 e. The number of para-hydroxylation sites is 1. The SMILES string of the molecule is CC(C)OCCOc1c(Br)cccc1CNC(C)(C)C. The zero-order valence-electron chi connectivity index (χ0n) is 13.1. The lowest BCUT2D eigenvalue weighted by Gasteiger charge is -2.22. The van der Waals surface area contributed by atoms with Crippen molar-refractivity contribution < 1.29 is 9.47 Å². The lowest BCUT2D eigenvalue weighted by Crippen LogP contribution is -2.35. The van der Waals surface area contributed by atoms with Crippen molar-refractivity contribution in [3.63, 3.8) is 0 Å². The van der Waals surface area contributed by atoms with Crippen LogP contribution in [0.25, 0.3) is 0 Å². The van der Waals surface area contributed by atoms with Gasteiger partial charge in [-0.15, -0.1) is 0 Å². The molecule has 1 aromatic carbocycles. The Morgan fingerprint density at radius 2 is 1.90 bits per heavy atom. The van der Waals surface area contributed by atoms with Gasteiger partial charge in [-0.25, -0.2) is 0 Å². The molecule has 0 aliphatic carbocycles. The van der Waals surface area contributed by atoms with Crippen LogP contribution in [0.2, 0.25) is 0 Å². The molecule has 114 valence electrons. The Hall–Kier alpha value is -0.580. The number of hydrogen-bond acceptors (Lipinski definition) is 3. The van der Waals surface area contributed by atoms with Gasteiger partial charge < -0.3 is 14.8 Å². The molecule has 0 radical (unpaired) electrons. The molecule has 0 fully saturated rings. The standard InChI is InChI=1S/C16H26BrNO2/c1-12(2)19-9-10-20-15-13(7-6-8-14(15)17)11-18-16(3,4)5/h6-8,12,18H,9-11H2,1-5H3. The average Bonchev–Trinajstić information content (AvgIpc) is 2.32. The fourth-order valence-electron chi connectivity index (χ4n) is 1.64. The minimum atomic E-state index is 0.0837. The maximum atomic E-state index is 5.87. The predicted octanol–water partition coefficient (Wildman–Crippen LogP) is 4.14. The fraction of sp³-hybridized carbons (Fsp3) is 0.625. The van der Waals surface area contributed by atoms with Gasteiger partial charge in [-0.3, -0.25) is 0 Å². The summed E-state index contributed by atoms with van der Waals surface area (Å²) in [6.07, 6.45) is 0.236. The first-order valence-electron chi connectivity index (χ1n) is 7.06. The smallest absolute Gasteiger partial charge is 0.138 e. The van der Waals surface area contributed by atoms with E-state index < -0.39 is 0 Å². The van der Waals surface area contributed by atoms with Crippen molar-refractivity contribution in [3.05, 3.63) is 28.2 Å². The summed E-state index contributed by atoms with van der Waals surface area (Å²) in [6.45, 7) is 12.5. The van der Waals surface area contributed by atoms with Gasteiger partial charge in [-0.1, -0.05) is 12.1 Å². The van der Waals surface area contributed by atoms with Gasteiger partial charge in [-0.05, 0) is 56.6 Å². The van der Waals surface area contributed by atoms with Crippen molar-refractivity contribution in [1.82, 2.24) is 5.32 Å². The van der Waals surface area contributed by atoms with Crippen LogP contribution >= 0.6 is 15.9 Å². The quantitative estimate of drug-likeness (QED) is 0.754. The molecule has 1 N–H and O–H groups in total. The van der Waals surface area contributed by atoms with E-state index >= 15 is 0 Å². The van der Waals surface area contributed by atoms with E-state index in [1.807, 2.05) is 26.0 Å². The van der Waals surface area contributed by atoms with E-state index in [4.69, 9.17) is 9.47 Å². The van der Waals surface area contributed by atoms with Crippen molar-refractivity contribution in [2.45, 2.75) is 52.8 Å². The zero-order chi connectivity index (χ0) is 15.2. The van der Waals surface area contributed by atoms with Crippen LogP contribution < -0.4 is 10.1 Å². The predicted molar refractivity (Wildman–Crippen MR) is 87.3 cm³/mol. The molecular formula is C16H26BrNO2. The molecule has 0 spiro atoms. The van der Waals surface area contributed by atoms with Crippen molar-refractivity contribution in [2.75, 3.05) is 13.2 Å². The van der Waals surface area contributed by atoms with Crippen LogP contribution in [0.1, 0.15) is 40.2 Å². The molecule has 0 unspecified atom stereocenters. The summed E-state index contributed by atoms with van der Waals surface area (Å²) >= 11 is 3.56. The Labute approximate surface area is 131 Å². The van der Waals surface area contributed by atoms with E-state index in [1.165, 1.54) is 0 Å². The molecule has 0 saturated carbocycles. The number of ether oxygens (including phenoxy) is 2. The average molecular weight is 344 g/mol. The summed E-state index contributed by atoms with van der Waals surface area (Å²) in [5.41, 5.74) is 1.24. The van der Waals surface area contributed by atoms with Gasteiger partial charge in [0.25, 0.3) is 0 Å². The van der Waals surface area contributed by atoms with Crippen molar-refractivity contribution >= 4 is 15.9 Å². The summed E-state index contributed by atoms with van der Waals surface area (Å²) < 4.78 is 12.4. The summed E-state index contributed by atoms with van der Waals surface area (Å²) in [7, 11) is 0. The Kier molecular flexibility index (Phi) is 7.00. The van der Waals surface area contributed by atoms with Crippen LogP contribution in [0.15, 0.2) is 22.7 Å². The van der Waals surface area contributed by atoms with Crippen LogP contribution in [0.4, 0.5) is 0 Å². The molecule has 0 aliphatic heterocycles. The normalized spacial score (nSPS) is 11.9. The molecule has 0 amide bonds. The van der Waals surface area contributed by atoms with Crippen LogP contribution in [0, 0.1) is 0 Å². The number of benzene rings is 1. The first-order chi connectivity index (χ1) is 9.29. The minimum absolute atomic E-state index is 0.0837. The maximum absolute atomic E-state index is 5.87. The topological polar surface area (TPSA) is 30.5 Å². The first-order valence-corrected chi connectivity index (χ1v) is 7.85. The van der Waals surface area contributed by atoms with Gasteiger partial charge in [0.05, 0.1) is 17.2 Å². The molecule has 0 heterocycles. The van der Waals surface area contributed by atoms with Gasteiger partial charge in [0.2, 0.25) is 0 Å². The molecule has 3 nitrogen and oxygen atoms in total. The molecule has 0 saturated heterocycles. The number of halogens is 1. The molecule has 4 heteroatoms. The number of hydrogen-bond donors (Lipinski definition) is 1. The van der Waals surface area contributed by atoms with Crippen molar-refractivity contribution in [1.29, 1.82) is 0 Å². The van der Waals surface area contributed by atoms with E-state index in [0.29, 0.717) is 13.2 Å². The van der Waals surface area contributed by atoms with Crippen LogP contribution in [0.3, 0.4) is 0 Å². The summed E-state index contributed by atoms with van der Waals surface area (Å²) in [5.74, 6) is 0.900. The maximum Gasteiger partial charge on any atom is 0.138 e. The van der Waals surface area contributed by atoms with Gasteiger partial charge in [0.1, 0.15) is 12.4 Å². The lowest BCUT2D eigenvalue weighted by molar-refractivity contribution is 0.0548. The van der Waals surface area contributed by atoms with E-state index in [2.05, 4.69) is 48.1 Å². The highest BCUT2D eigenvalue weighted by Gasteiger charge is 2.13. The lowest BCUT2D eigenvalue weighted by atomic mass is 10.1. The van der Waals surface area contributed by atoms with Crippen molar-refractivity contribution in [3.8, 4) is 5.75 Å². The van der Waals surface area contributed by atoms with E-state index in [-0.39, 0.29) is 11.6 Å². The molecule has 1 rings (SSSR count). The summed E-state index contributed by atoms with van der Waals surface area (Å²) in [4.78, 5) is 0. The molecule has 0 aromatic heterocycles. The molecule has 0 bridgehead atoms. The fourth-order valence-corrected chi connectivity index (χ4v) is 2.16. The molecule has 0 atom stereocenters.